The van der Waals surface area contributed by atoms with Crippen molar-refractivity contribution in [2.24, 2.45) is 17.8 Å². The van der Waals surface area contributed by atoms with Crippen molar-refractivity contribution in [3.63, 3.8) is 0 Å². The number of ketones is 1. The summed E-state index contributed by atoms with van der Waals surface area (Å²) in [7, 11) is 0. The van der Waals surface area contributed by atoms with E-state index in [1.165, 1.54) is 4.90 Å². The van der Waals surface area contributed by atoms with Crippen molar-refractivity contribution in [2.45, 2.75) is 46.1 Å². The molecule has 4 unspecified atom stereocenters. The van der Waals surface area contributed by atoms with Gasteiger partial charge in [-0.25, -0.2) is 9.78 Å². The van der Waals surface area contributed by atoms with E-state index in [1.807, 2.05) is 43.3 Å². The van der Waals surface area contributed by atoms with Crippen LogP contribution in [0.5, 0.6) is 0 Å². The normalized spacial score (nSPS) is 20.8. The molecule has 2 aliphatic rings. The average molecular weight is 561 g/mol. The number of pyridine rings is 1. The lowest BCUT2D eigenvalue weighted by Crippen LogP contribution is -2.30. The van der Waals surface area contributed by atoms with E-state index in [2.05, 4.69) is 6.92 Å². The van der Waals surface area contributed by atoms with E-state index >= 15 is 0 Å². The lowest BCUT2D eigenvalue weighted by molar-refractivity contribution is -0.122. The fraction of sp³-hybridized carbons (Fsp3) is 0.286. The maximum atomic E-state index is 13.5. The van der Waals surface area contributed by atoms with Crippen LogP contribution in [0.15, 0.2) is 78.9 Å². The van der Waals surface area contributed by atoms with E-state index in [-0.39, 0.29) is 29.4 Å². The highest BCUT2D eigenvalue weighted by Crippen LogP contribution is 2.42. The summed E-state index contributed by atoms with van der Waals surface area (Å²) in [6.45, 7) is 5.62. The number of fused-ring (bicyclic) bond motifs is 2. The molecule has 0 N–H and O–H groups in total. The van der Waals surface area contributed by atoms with Crippen molar-refractivity contribution in [1.82, 2.24) is 4.98 Å². The van der Waals surface area contributed by atoms with Gasteiger partial charge < -0.3 is 4.74 Å². The van der Waals surface area contributed by atoms with E-state index < -0.39 is 12.1 Å². The third-order valence-corrected chi connectivity index (χ3v) is 8.58. The van der Waals surface area contributed by atoms with E-state index in [0.29, 0.717) is 39.3 Å². The zero-order valence-corrected chi connectivity index (χ0v) is 23.9. The maximum Gasteiger partial charge on any atom is 0.339 e. The van der Waals surface area contributed by atoms with Crippen molar-refractivity contribution in [3.05, 3.63) is 95.6 Å². The number of rotatable bonds is 6. The van der Waals surface area contributed by atoms with E-state index in [0.717, 1.165) is 30.4 Å². The van der Waals surface area contributed by atoms with Gasteiger partial charge in [-0.1, -0.05) is 67.6 Å². The number of esters is 1. The molecule has 1 saturated carbocycles. The van der Waals surface area contributed by atoms with E-state index in [9.17, 15) is 19.2 Å². The molecular formula is C35H32N2O5. The second-order valence-corrected chi connectivity index (χ2v) is 11.5. The van der Waals surface area contributed by atoms with Crippen molar-refractivity contribution in [2.75, 3.05) is 4.90 Å². The van der Waals surface area contributed by atoms with Gasteiger partial charge in [-0.2, -0.15) is 0 Å². The number of benzene rings is 3. The number of aryl methyl sites for hydroxylation is 1. The van der Waals surface area contributed by atoms with Gasteiger partial charge >= 0.3 is 5.97 Å². The first-order valence-corrected chi connectivity index (χ1v) is 14.4. The molecular weight excluding hydrogens is 528 g/mol. The molecule has 42 heavy (non-hydrogen) atoms. The number of ether oxygens (including phenoxy) is 1. The minimum Gasteiger partial charge on any atom is -0.451 e. The Morgan fingerprint density at radius 1 is 0.905 bits per heavy atom. The van der Waals surface area contributed by atoms with Crippen LogP contribution in [0.3, 0.4) is 0 Å². The molecule has 4 atom stereocenters. The molecule has 1 aromatic heterocycles. The summed E-state index contributed by atoms with van der Waals surface area (Å²) in [5, 5.41) is 0.629. The Hall–Kier alpha value is -4.65. The topological polar surface area (TPSA) is 93.6 Å². The van der Waals surface area contributed by atoms with Gasteiger partial charge in [-0.15, -0.1) is 0 Å². The first-order valence-electron chi connectivity index (χ1n) is 14.4. The molecule has 1 saturated heterocycles. The largest absolute Gasteiger partial charge is 0.451 e. The Bertz CT molecular complexity index is 1710. The van der Waals surface area contributed by atoms with Crippen molar-refractivity contribution in [1.29, 1.82) is 0 Å². The van der Waals surface area contributed by atoms with Crippen molar-refractivity contribution >= 4 is 40.2 Å². The molecule has 2 heterocycles. The minimum atomic E-state index is -0.974. The Morgan fingerprint density at radius 2 is 1.62 bits per heavy atom. The number of aromatic nitrogens is 1. The van der Waals surface area contributed by atoms with Gasteiger partial charge in [0.1, 0.15) is 0 Å². The number of amides is 2. The second-order valence-electron chi connectivity index (χ2n) is 11.5. The van der Waals surface area contributed by atoms with Crippen LogP contribution in [-0.2, 0) is 14.3 Å². The van der Waals surface area contributed by atoms with Crippen LogP contribution >= 0.6 is 0 Å². The maximum absolute atomic E-state index is 13.5. The highest BCUT2D eigenvalue weighted by Gasteiger charge is 2.49. The van der Waals surface area contributed by atoms with Crippen molar-refractivity contribution in [3.8, 4) is 11.3 Å². The minimum absolute atomic E-state index is 0.117. The van der Waals surface area contributed by atoms with Crippen LogP contribution in [0.4, 0.5) is 5.69 Å². The van der Waals surface area contributed by atoms with Gasteiger partial charge in [0.05, 0.1) is 34.3 Å². The highest BCUT2D eigenvalue weighted by molar-refractivity contribution is 6.22. The summed E-state index contributed by atoms with van der Waals surface area (Å²) < 4.78 is 5.66. The van der Waals surface area contributed by atoms with Gasteiger partial charge in [0.25, 0.3) is 0 Å². The molecule has 7 heteroatoms. The zero-order chi connectivity index (χ0) is 29.5. The smallest absolute Gasteiger partial charge is 0.339 e. The Labute approximate surface area is 244 Å². The zero-order valence-electron chi connectivity index (χ0n) is 23.9. The summed E-state index contributed by atoms with van der Waals surface area (Å²) >= 11 is 0. The number of hydrogen-bond donors (Lipinski definition) is 0. The molecule has 3 aromatic carbocycles. The lowest BCUT2D eigenvalue weighted by atomic mass is 9.76. The van der Waals surface area contributed by atoms with E-state index in [4.69, 9.17) is 9.72 Å². The molecule has 0 radical (unpaired) electrons. The second kappa shape index (κ2) is 11.0. The summed E-state index contributed by atoms with van der Waals surface area (Å²) in [6.07, 6.45) is 1.49. The Balaban J connectivity index is 1.31. The summed E-state index contributed by atoms with van der Waals surface area (Å²) in [6, 6.07) is 23.1. The standard InChI is InChI=1S/C35H32N2O5/c1-20-12-17-27-28(18-20)34(40)37(33(27)39)25-15-13-23(14-16-25)30-19-29(26-11-7-8-21(2)31(26)36-30)35(41)42-22(3)32(38)24-9-5-4-6-10-24/h4-11,13-16,19-20,22,27-28H,12,17-18H2,1-3H3. The third kappa shape index (κ3) is 4.89. The third-order valence-electron chi connectivity index (χ3n) is 8.58. The predicted molar refractivity (Wildman–Crippen MR) is 160 cm³/mol. The average Bonchev–Trinajstić information content (AvgIpc) is 3.25. The quantitative estimate of drug-likeness (QED) is 0.151. The monoisotopic (exact) mass is 560 g/mol. The molecule has 0 spiro atoms. The van der Waals surface area contributed by atoms with Crippen LogP contribution in [0.1, 0.15) is 59.4 Å². The first-order chi connectivity index (χ1) is 20.2. The lowest BCUT2D eigenvalue weighted by Gasteiger charge is -2.25. The fourth-order valence-corrected chi connectivity index (χ4v) is 6.25. The number of para-hydroxylation sites is 1. The van der Waals surface area contributed by atoms with Crippen LogP contribution < -0.4 is 4.90 Å². The number of Topliss-reactive ketones (excluding diaryl/α,β-unsaturated/α-hetero) is 1. The Kier molecular flexibility index (Phi) is 7.19. The predicted octanol–water partition coefficient (Wildman–Crippen LogP) is 6.56. The van der Waals surface area contributed by atoms with Gasteiger partial charge in [0, 0.05) is 16.5 Å². The number of nitrogens with zero attached hydrogens (tertiary/aromatic N) is 2. The fourth-order valence-electron chi connectivity index (χ4n) is 6.25. The molecule has 212 valence electrons. The molecule has 7 nitrogen and oxygen atoms in total. The van der Waals surface area contributed by atoms with Gasteiger partial charge in [0.15, 0.2) is 6.10 Å². The number of imide groups is 1. The summed E-state index contributed by atoms with van der Waals surface area (Å²) in [5.74, 6) is -1.17. The molecule has 0 bridgehead atoms. The number of hydrogen-bond acceptors (Lipinski definition) is 6. The van der Waals surface area contributed by atoms with Crippen LogP contribution in [-0.4, -0.2) is 34.7 Å². The van der Waals surface area contributed by atoms with Crippen LogP contribution in [0.25, 0.3) is 22.2 Å². The van der Waals surface area contributed by atoms with Gasteiger partial charge in [-0.05, 0) is 62.8 Å². The SMILES string of the molecule is Cc1cccc2c(C(=O)OC(C)C(=O)c3ccccc3)cc(-c3ccc(N4C(=O)C5CCC(C)CC5C4=O)cc3)nc12. The number of anilines is 1. The van der Waals surface area contributed by atoms with Crippen LogP contribution in [0, 0.1) is 24.7 Å². The number of carbonyl (C=O) groups excluding carboxylic acids is 4. The van der Waals surface area contributed by atoms with Gasteiger partial charge in [-0.3, -0.25) is 19.3 Å². The molecule has 1 aliphatic heterocycles. The summed E-state index contributed by atoms with van der Waals surface area (Å²) in [4.78, 5) is 58.9. The molecule has 2 fully saturated rings. The van der Waals surface area contributed by atoms with E-state index in [1.54, 1.807) is 49.4 Å². The highest BCUT2D eigenvalue weighted by atomic mass is 16.5. The molecule has 6 rings (SSSR count). The first kappa shape index (κ1) is 27.5. The molecule has 4 aromatic rings. The van der Waals surface area contributed by atoms with Crippen molar-refractivity contribution < 1.29 is 23.9 Å². The number of carbonyl (C=O) groups is 4. The van der Waals surface area contributed by atoms with Gasteiger partial charge in [0.2, 0.25) is 17.6 Å². The molecule has 2 amide bonds. The van der Waals surface area contributed by atoms with Crippen LogP contribution in [0.2, 0.25) is 0 Å². The molecule has 1 aliphatic carbocycles. The summed E-state index contributed by atoms with van der Waals surface area (Å²) in [5.41, 5.74) is 4.11. The Morgan fingerprint density at radius 3 is 2.36 bits per heavy atom.